The molecule has 1 fully saturated rings. The van der Waals surface area contributed by atoms with Gasteiger partial charge in [-0.3, -0.25) is 0 Å². The van der Waals surface area contributed by atoms with Gasteiger partial charge in [0.05, 0.1) is 12.2 Å². The Morgan fingerprint density at radius 1 is 1.10 bits per heavy atom. The maximum absolute atomic E-state index is 6.13. The topological polar surface area (TPSA) is 95.0 Å². The van der Waals surface area contributed by atoms with E-state index in [-0.39, 0.29) is 0 Å². The van der Waals surface area contributed by atoms with Crippen molar-refractivity contribution in [1.29, 1.82) is 0 Å². The zero-order valence-electron chi connectivity index (χ0n) is 16.1. The van der Waals surface area contributed by atoms with Crippen LogP contribution >= 0.6 is 27.3 Å². The molecule has 0 unspecified atom stereocenters. The number of rotatable bonds is 8. The molecule has 3 aromatic rings. The summed E-state index contributed by atoms with van der Waals surface area (Å²) in [5, 5.41) is 15.6. The second-order valence-corrected chi connectivity index (χ2v) is 8.61. The van der Waals surface area contributed by atoms with Gasteiger partial charge in [0.2, 0.25) is 17.0 Å². The average Bonchev–Trinajstić information content (AvgIpc) is 3.39. The molecule has 0 atom stereocenters. The lowest BCUT2D eigenvalue weighted by Crippen LogP contribution is -2.30. The van der Waals surface area contributed by atoms with E-state index in [4.69, 9.17) is 10.5 Å². The van der Waals surface area contributed by atoms with Crippen molar-refractivity contribution in [2.75, 3.05) is 35.7 Å². The molecule has 0 saturated carbocycles. The van der Waals surface area contributed by atoms with Crippen LogP contribution in [-0.4, -0.2) is 50.0 Å². The van der Waals surface area contributed by atoms with E-state index >= 15 is 0 Å². The van der Waals surface area contributed by atoms with E-state index in [1.807, 2.05) is 24.3 Å². The summed E-state index contributed by atoms with van der Waals surface area (Å²) in [5.74, 6) is 1.80. The minimum atomic E-state index is 0.326. The van der Waals surface area contributed by atoms with E-state index in [2.05, 4.69) is 41.1 Å². The number of nitrogens with two attached hydrogens (primary N) is 1. The maximum atomic E-state index is 6.13. The van der Waals surface area contributed by atoms with Crippen LogP contribution in [0.25, 0.3) is 15.7 Å². The standard InChI is InChI=1S/C19H24BrN7OS/c20-10-4-7-13-28-15-9-3-2-8-14(15)16-23-24-19(29-16)27-17(21)22-18(25-27)26-11-5-1-6-12-26/h2-3,8-9H,1,4-7,10-13H2,(H2,21,22,25). The van der Waals surface area contributed by atoms with Crippen molar-refractivity contribution in [3.05, 3.63) is 24.3 Å². The van der Waals surface area contributed by atoms with Gasteiger partial charge in [0.15, 0.2) is 5.01 Å². The Kier molecular flexibility index (Phi) is 6.60. The molecule has 154 valence electrons. The lowest BCUT2D eigenvalue weighted by molar-refractivity contribution is 0.311. The summed E-state index contributed by atoms with van der Waals surface area (Å²) in [4.78, 5) is 6.61. The van der Waals surface area contributed by atoms with Crippen molar-refractivity contribution in [3.63, 3.8) is 0 Å². The lowest BCUT2D eigenvalue weighted by atomic mass is 10.1. The summed E-state index contributed by atoms with van der Waals surface area (Å²) < 4.78 is 7.54. The van der Waals surface area contributed by atoms with Crippen LogP contribution in [0.3, 0.4) is 0 Å². The number of halogens is 1. The molecular weight excluding hydrogens is 454 g/mol. The number of anilines is 2. The van der Waals surface area contributed by atoms with Crippen molar-refractivity contribution in [2.45, 2.75) is 32.1 Å². The summed E-state index contributed by atoms with van der Waals surface area (Å²) in [6, 6.07) is 7.89. The molecule has 1 aromatic carbocycles. The molecule has 1 saturated heterocycles. The molecule has 0 spiro atoms. The lowest BCUT2D eigenvalue weighted by Gasteiger charge is -2.24. The van der Waals surface area contributed by atoms with Crippen LogP contribution in [0.1, 0.15) is 32.1 Å². The van der Waals surface area contributed by atoms with Crippen LogP contribution in [0.4, 0.5) is 11.9 Å². The van der Waals surface area contributed by atoms with Crippen molar-refractivity contribution < 1.29 is 4.74 Å². The molecule has 8 nitrogen and oxygen atoms in total. The third kappa shape index (κ3) is 4.69. The average molecular weight is 478 g/mol. The predicted molar refractivity (Wildman–Crippen MR) is 119 cm³/mol. The van der Waals surface area contributed by atoms with E-state index in [1.165, 1.54) is 17.8 Å². The van der Waals surface area contributed by atoms with Gasteiger partial charge in [-0.2, -0.15) is 9.67 Å². The first-order valence-corrected chi connectivity index (χ1v) is 11.8. The molecule has 1 aliphatic rings. The monoisotopic (exact) mass is 477 g/mol. The number of nitrogens with zero attached hydrogens (tertiary/aromatic N) is 6. The van der Waals surface area contributed by atoms with Crippen LogP contribution in [0.5, 0.6) is 5.75 Å². The molecule has 29 heavy (non-hydrogen) atoms. The number of alkyl halides is 1. The van der Waals surface area contributed by atoms with Gasteiger partial charge in [0.25, 0.3) is 0 Å². The molecule has 0 radical (unpaired) electrons. The SMILES string of the molecule is Nc1nc(N2CCCCC2)nn1-c1nnc(-c2ccccc2OCCCCBr)s1. The number of unbranched alkanes of at least 4 members (excludes halogenated alkanes) is 1. The van der Waals surface area contributed by atoms with Crippen LogP contribution < -0.4 is 15.4 Å². The third-order valence-electron chi connectivity index (χ3n) is 4.76. The Balaban J connectivity index is 1.54. The van der Waals surface area contributed by atoms with Gasteiger partial charge in [-0.25, -0.2) is 0 Å². The molecule has 10 heteroatoms. The molecular formula is C19H24BrN7OS. The van der Waals surface area contributed by atoms with Gasteiger partial charge in [0.1, 0.15) is 5.75 Å². The number of benzene rings is 1. The van der Waals surface area contributed by atoms with Crippen molar-refractivity contribution in [1.82, 2.24) is 25.0 Å². The van der Waals surface area contributed by atoms with Crippen LogP contribution in [0, 0.1) is 0 Å². The highest BCUT2D eigenvalue weighted by Gasteiger charge is 2.20. The number of piperidine rings is 1. The Morgan fingerprint density at radius 2 is 1.93 bits per heavy atom. The Bertz CT molecular complexity index is 938. The summed E-state index contributed by atoms with van der Waals surface area (Å²) in [7, 11) is 0. The van der Waals surface area contributed by atoms with Crippen molar-refractivity contribution in [2.24, 2.45) is 0 Å². The van der Waals surface area contributed by atoms with Gasteiger partial charge >= 0.3 is 0 Å². The van der Waals surface area contributed by atoms with E-state index in [0.717, 1.165) is 60.4 Å². The first-order valence-electron chi connectivity index (χ1n) is 9.86. The highest BCUT2D eigenvalue weighted by atomic mass is 79.9. The second kappa shape index (κ2) is 9.53. The number of hydrogen-bond acceptors (Lipinski definition) is 8. The molecule has 0 aliphatic carbocycles. The zero-order chi connectivity index (χ0) is 20.1. The number of para-hydroxylation sites is 1. The van der Waals surface area contributed by atoms with Crippen LogP contribution in [-0.2, 0) is 0 Å². The highest BCUT2D eigenvalue weighted by molar-refractivity contribution is 9.09. The molecule has 1 aliphatic heterocycles. The van der Waals surface area contributed by atoms with Gasteiger partial charge in [0, 0.05) is 18.4 Å². The van der Waals surface area contributed by atoms with Gasteiger partial charge in [-0.05, 0) is 44.2 Å². The molecule has 0 bridgehead atoms. The fourth-order valence-corrected chi connectivity index (χ4v) is 4.47. The maximum Gasteiger partial charge on any atom is 0.247 e. The quantitative estimate of drug-likeness (QED) is 0.388. The summed E-state index contributed by atoms with van der Waals surface area (Å²) >= 11 is 4.87. The van der Waals surface area contributed by atoms with Gasteiger partial charge in [-0.1, -0.05) is 39.4 Å². The normalized spacial score (nSPS) is 14.3. The molecule has 2 N–H and O–H groups in total. The fourth-order valence-electron chi connectivity index (χ4n) is 3.24. The smallest absolute Gasteiger partial charge is 0.247 e. The fraction of sp³-hybridized carbons (Fsp3) is 0.474. The largest absolute Gasteiger partial charge is 0.493 e. The zero-order valence-corrected chi connectivity index (χ0v) is 18.5. The Labute approximate surface area is 182 Å². The first kappa shape index (κ1) is 20.1. The van der Waals surface area contributed by atoms with Crippen LogP contribution in [0.2, 0.25) is 0 Å². The molecule has 3 heterocycles. The van der Waals surface area contributed by atoms with Crippen LogP contribution in [0.15, 0.2) is 24.3 Å². The number of ether oxygens (including phenoxy) is 1. The minimum absolute atomic E-state index is 0.326. The highest BCUT2D eigenvalue weighted by Crippen LogP contribution is 2.33. The molecule has 2 aromatic heterocycles. The van der Waals surface area contributed by atoms with E-state index in [9.17, 15) is 0 Å². The summed E-state index contributed by atoms with van der Waals surface area (Å²) in [5.41, 5.74) is 7.05. The van der Waals surface area contributed by atoms with E-state index in [0.29, 0.717) is 23.6 Å². The van der Waals surface area contributed by atoms with Crippen molar-refractivity contribution >= 4 is 39.2 Å². The van der Waals surface area contributed by atoms with E-state index < -0.39 is 0 Å². The Hall–Kier alpha value is -2.20. The van der Waals surface area contributed by atoms with E-state index in [1.54, 1.807) is 4.68 Å². The second-order valence-electron chi connectivity index (χ2n) is 6.86. The summed E-state index contributed by atoms with van der Waals surface area (Å²) in [6.07, 6.45) is 5.64. The Morgan fingerprint density at radius 3 is 2.76 bits per heavy atom. The number of aromatic nitrogens is 5. The third-order valence-corrected chi connectivity index (χ3v) is 6.25. The first-order chi connectivity index (χ1) is 14.3. The summed E-state index contributed by atoms with van der Waals surface area (Å²) in [6.45, 7) is 2.60. The van der Waals surface area contributed by atoms with Crippen molar-refractivity contribution in [3.8, 4) is 21.5 Å². The minimum Gasteiger partial charge on any atom is -0.493 e. The molecule has 4 rings (SSSR count). The number of hydrogen-bond donors (Lipinski definition) is 1. The van der Waals surface area contributed by atoms with Gasteiger partial charge in [-0.15, -0.1) is 15.3 Å². The molecule has 0 amide bonds. The number of nitrogen functional groups attached to an aromatic ring is 1. The van der Waals surface area contributed by atoms with Gasteiger partial charge < -0.3 is 15.4 Å². The predicted octanol–water partition coefficient (Wildman–Crippen LogP) is 3.91.